The first kappa shape index (κ1) is 25.1. The van der Waals surface area contributed by atoms with E-state index in [1.807, 2.05) is 73.7 Å². The molecule has 4 aromatic rings. The second-order valence-electron chi connectivity index (χ2n) is 8.65. The van der Waals surface area contributed by atoms with E-state index in [0.29, 0.717) is 28.6 Å². The normalized spacial score (nSPS) is 14.2. The largest absolute Gasteiger partial charge is 0.490 e. The highest BCUT2D eigenvalue weighted by atomic mass is 32.2. The zero-order chi connectivity index (χ0) is 26.5. The molecule has 0 aliphatic carbocycles. The van der Waals surface area contributed by atoms with Crippen LogP contribution in [0.2, 0.25) is 0 Å². The van der Waals surface area contributed by atoms with Crippen LogP contribution < -0.4 is 9.47 Å². The Hall–Kier alpha value is -4.54. The fraction of sp³-hybridized carbons (Fsp3) is 0.129. The van der Waals surface area contributed by atoms with Crippen LogP contribution in [0.1, 0.15) is 29.2 Å². The smallest absolute Gasteiger partial charge is 0.293 e. The van der Waals surface area contributed by atoms with Gasteiger partial charge < -0.3 is 9.47 Å². The van der Waals surface area contributed by atoms with Gasteiger partial charge in [0.15, 0.2) is 11.5 Å². The number of benzene rings is 4. The van der Waals surface area contributed by atoms with Crippen molar-refractivity contribution in [3.05, 3.63) is 112 Å². The van der Waals surface area contributed by atoms with Gasteiger partial charge in [-0.05, 0) is 70.9 Å². The Labute approximate surface area is 225 Å². The van der Waals surface area contributed by atoms with Crippen LogP contribution in [0.4, 0.5) is 4.79 Å². The van der Waals surface area contributed by atoms with Gasteiger partial charge in [-0.2, -0.15) is 5.26 Å². The maximum absolute atomic E-state index is 13.1. The molecule has 0 unspecified atom stereocenters. The second-order valence-corrected chi connectivity index (χ2v) is 9.64. The van der Waals surface area contributed by atoms with E-state index in [0.717, 1.165) is 39.2 Å². The summed E-state index contributed by atoms with van der Waals surface area (Å²) >= 11 is 0.930. The Morgan fingerprint density at radius 1 is 0.895 bits per heavy atom. The van der Waals surface area contributed by atoms with Crippen molar-refractivity contribution in [1.82, 2.24) is 4.90 Å². The summed E-state index contributed by atoms with van der Waals surface area (Å²) < 4.78 is 11.7. The first-order valence-corrected chi connectivity index (χ1v) is 13.0. The Morgan fingerprint density at radius 3 is 2.50 bits per heavy atom. The molecule has 2 amide bonds. The van der Waals surface area contributed by atoms with Crippen LogP contribution in [0, 0.1) is 11.3 Å². The highest BCUT2D eigenvalue weighted by Gasteiger charge is 2.35. The van der Waals surface area contributed by atoms with Crippen molar-refractivity contribution in [2.45, 2.75) is 20.1 Å². The summed E-state index contributed by atoms with van der Waals surface area (Å²) in [5, 5.41) is 11.2. The molecule has 188 valence electrons. The topological polar surface area (TPSA) is 79.6 Å². The van der Waals surface area contributed by atoms with Crippen molar-refractivity contribution in [1.29, 1.82) is 5.26 Å². The molecule has 0 radical (unpaired) electrons. The van der Waals surface area contributed by atoms with E-state index in [4.69, 9.17) is 9.47 Å². The molecule has 7 heteroatoms. The SMILES string of the molecule is CCOc1cc(/C=C2/SC(=O)N(Cc3ccc4ccccc4c3)C2=O)ccc1OCc1ccccc1C#N. The molecule has 0 N–H and O–H groups in total. The van der Waals surface area contributed by atoms with Gasteiger partial charge in [0.05, 0.1) is 29.7 Å². The lowest BCUT2D eigenvalue weighted by Gasteiger charge is -2.14. The molecular formula is C31H24N2O4S. The van der Waals surface area contributed by atoms with E-state index in [9.17, 15) is 14.9 Å². The Bertz CT molecular complexity index is 1610. The molecule has 1 aliphatic heterocycles. The number of hydrogen-bond acceptors (Lipinski definition) is 6. The molecule has 1 fully saturated rings. The first-order chi connectivity index (χ1) is 18.6. The summed E-state index contributed by atoms with van der Waals surface area (Å²) in [7, 11) is 0. The van der Waals surface area contributed by atoms with Gasteiger partial charge in [0, 0.05) is 5.56 Å². The molecule has 0 aromatic heterocycles. The number of ether oxygens (including phenoxy) is 2. The van der Waals surface area contributed by atoms with Crippen molar-refractivity contribution >= 4 is 39.8 Å². The molecule has 1 aliphatic rings. The molecule has 0 spiro atoms. The fourth-order valence-corrected chi connectivity index (χ4v) is 5.06. The summed E-state index contributed by atoms with van der Waals surface area (Å²) in [4.78, 5) is 27.5. The average molecular weight is 521 g/mol. The lowest BCUT2D eigenvalue weighted by Crippen LogP contribution is -2.27. The minimum atomic E-state index is -0.320. The van der Waals surface area contributed by atoms with Crippen LogP contribution >= 0.6 is 11.8 Å². The van der Waals surface area contributed by atoms with Crippen LogP contribution in [0.5, 0.6) is 11.5 Å². The summed E-state index contributed by atoms with van der Waals surface area (Å²) in [6.45, 7) is 2.74. The van der Waals surface area contributed by atoms with Gasteiger partial charge in [0.25, 0.3) is 11.1 Å². The summed E-state index contributed by atoms with van der Waals surface area (Å²) in [5.41, 5.74) is 2.95. The quantitative estimate of drug-likeness (QED) is 0.235. The number of carbonyl (C=O) groups excluding carboxylic acids is 2. The zero-order valence-electron chi connectivity index (χ0n) is 20.7. The van der Waals surface area contributed by atoms with Gasteiger partial charge in [-0.1, -0.05) is 60.7 Å². The third-order valence-corrected chi connectivity index (χ3v) is 7.02. The van der Waals surface area contributed by atoms with Gasteiger partial charge in [-0.15, -0.1) is 0 Å². The third kappa shape index (κ3) is 5.41. The van der Waals surface area contributed by atoms with Gasteiger partial charge in [0.1, 0.15) is 6.61 Å². The Kier molecular flexibility index (Phi) is 7.43. The van der Waals surface area contributed by atoms with E-state index in [1.54, 1.807) is 24.3 Å². The summed E-state index contributed by atoms with van der Waals surface area (Å²) in [6, 6.07) is 28.7. The first-order valence-electron chi connectivity index (χ1n) is 12.2. The van der Waals surface area contributed by atoms with E-state index in [2.05, 4.69) is 6.07 Å². The van der Waals surface area contributed by atoms with E-state index < -0.39 is 0 Å². The molecule has 0 saturated carbocycles. The average Bonchev–Trinajstić information content (AvgIpc) is 3.20. The van der Waals surface area contributed by atoms with E-state index in [-0.39, 0.29) is 24.3 Å². The number of carbonyl (C=O) groups is 2. The van der Waals surface area contributed by atoms with Crippen LogP contribution in [0.25, 0.3) is 16.8 Å². The number of imide groups is 1. The maximum atomic E-state index is 13.1. The minimum Gasteiger partial charge on any atom is -0.490 e. The van der Waals surface area contributed by atoms with E-state index in [1.165, 1.54) is 4.90 Å². The minimum absolute atomic E-state index is 0.216. The standard InChI is InChI=1S/C31H24N2O4S/c1-2-36-28-16-21(12-14-27(28)37-20-26-10-6-5-9-25(26)18-32)17-29-30(34)33(31(35)38-29)19-22-11-13-23-7-3-4-8-24(23)15-22/h3-17H,2,19-20H2,1H3/b29-17+. The van der Waals surface area contributed by atoms with Crippen LogP contribution in [0.15, 0.2) is 89.8 Å². The van der Waals surface area contributed by atoms with Crippen molar-refractivity contribution in [2.24, 2.45) is 0 Å². The van der Waals surface area contributed by atoms with Gasteiger partial charge in [-0.3, -0.25) is 14.5 Å². The molecular weight excluding hydrogens is 496 g/mol. The second kappa shape index (κ2) is 11.2. The van der Waals surface area contributed by atoms with Crippen LogP contribution in [0.3, 0.4) is 0 Å². The molecule has 0 atom stereocenters. The fourth-order valence-electron chi connectivity index (χ4n) is 4.22. The number of rotatable bonds is 8. The Morgan fingerprint density at radius 2 is 1.68 bits per heavy atom. The number of nitriles is 1. The molecule has 0 bridgehead atoms. The van der Waals surface area contributed by atoms with Gasteiger partial charge in [0.2, 0.25) is 0 Å². The third-order valence-electron chi connectivity index (χ3n) is 6.11. The maximum Gasteiger partial charge on any atom is 0.293 e. The van der Waals surface area contributed by atoms with Crippen molar-refractivity contribution in [3.8, 4) is 17.6 Å². The van der Waals surface area contributed by atoms with Crippen molar-refractivity contribution in [2.75, 3.05) is 6.61 Å². The molecule has 1 saturated heterocycles. The van der Waals surface area contributed by atoms with Crippen LogP contribution in [-0.2, 0) is 17.9 Å². The van der Waals surface area contributed by atoms with Gasteiger partial charge in [-0.25, -0.2) is 0 Å². The number of nitrogens with zero attached hydrogens (tertiary/aromatic N) is 2. The number of amides is 2. The molecule has 38 heavy (non-hydrogen) atoms. The molecule has 1 heterocycles. The van der Waals surface area contributed by atoms with Crippen LogP contribution in [-0.4, -0.2) is 22.7 Å². The van der Waals surface area contributed by atoms with Crippen molar-refractivity contribution < 1.29 is 19.1 Å². The Balaban J connectivity index is 1.33. The monoisotopic (exact) mass is 520 g/mol. The number of thioether (sulfide) groups is 1. The van der Waals surface area contributed by atoms with E-state index >= 15 is 0 Å². The highest BCUT2D eigenvalue weighted by Crippen LogP contribution is 2.36. The lowest BCUT2D eigenvalue weighted by atomic mass is 10.1. The molecule has 5 rings (SSSR count). The highest BCUT2D eigenvalue weighted by molar-refractivity contribution is 8.18. The zero-order valence-corrected chi connectivity index (χ0v) is 21.5. The summed E-state index contributed by atoms with van der Waals surface area (Å²) in [5.74, 6) is 0.729. The van der Waals surface area contributed by atoms with Crippen molar-refractivity contribution in [3.63, 3.8) is 0 Å². The molecule has 6 nitrogen and oxygen atoms in total. The number of hydrogen-bond donors (Lipinski definition) is 0. The van der Waals surface area contributed by atoms with Gasteiger partial charge >= 0.3 is 0 Å². The predicted molar refractivity (Wildman–Crippen MR) is 149 cm³/mol. The number of fused-ring (bicyclic) bond motifs is 1. The predicted octanol–water partition coefficient (Wildman–Crippen LogP) is 6.93. The molecule has 4 aromatic carbocycles. The summed E-state index contributed by atoms with van der Waals surface area (Å²) in [6.07, 6.45) is 1.70. The lowest BCUT2D eigenvalue weighted by molar-refractivity contribution is -0.123.